The number of nitrogens with one attached hydrogen (secondary N) is 2. The molecule has 0 aromatic heterocycles. The predicted molar refractivity (Wildman–Crippen MR) is 109 cm³/mol. The van der Waals surface area contributed by atoms with Crippen molar-refractivity contribution in [3.8, 4) is 0 Å². The molecule has 1 aliphatic carbocycles. The molecule has 1 fully saturated rings. The second kappa shape index (κ2) is 8.79. The van der Waals surface area contributed by atoms with Gasteiger partial charge in [-0.1, -0.05) is 23.4 Å². The molecule has 148 valence electrons. The minimum absolute atomic E-state index is 0.103. The van der Waals surface area contributed by atoms with Gasteiger partial charge in [0.05, 0.1) is 18.1 Å². The molecule has 0 radical (unpaired) electrons. The number of hydrogen-bond acceptors (Lipinski definition) is 7. The minimum Gasteiger partial charge on any atom is -0.390 e. The predicted octanol–water partition coefficient (Wildman–Crippen LogP) is 1.01. The Morgan fingerprint density at radius 3 is 2.70 bits per heavy atom. The van der Waals surface area contributed by atoms with Gasteiger partial charge in [0.1, 0.15) is 6.10 Å². The lowest BCUT2D eigenvalue weighted by Gasteiger charge is -2.37. The van der Waals surface area contributed by atoms with Crippen molar-refractivity contribution in [1.29, 1.82) is 0 Å². The van der Waals surface area contributed by atoms with Crippen LogP contribution in [-0.4, -0.2) is 76.9 Å². The number of fused-ring (bicyclic) bond motifs is 1. The van der Waals surface area contributed by atoms with Gasteiger partial charge in [0.2, 0.25) is 5.91 Å². The third-order valence-corrected chi connectivity index (χ3v) is 6.34. The Labute approximate surface area is 168 Å². The molecule has 3 rings (SSSR count). The molecule has 1 saturated carbocycles. The molecule has 5 atom stereocenters. The number of nitrogens with zero attached hydrogens (tertiary/aromatic N) is 2. The quantitative estimate of drug-likeness (QED) is 0.576. The Bertz CT molecular complexity index is 700. The Hall–Kier alpha value is -1.32. The molecule has 27 heavy (non-hydrogen) atoms. The number of rotatable bonds is 5. The van der Waals surface area contributed by atoms with Gasteiger partial charge in [-0.3, -0.25) is 9.79 Å². The Balaban J connectivity index is 1.68. The van der Waals surface area contributed by atoms with E-state index in [2.05, 4.69) is 15.6 Å². The molecule has 4 N–H and O–H groups in total. The number of hydrogen-bond donors (Lipinski definition) is 4. The van der Waals surface area contributed by atoms with Crippen LogP contribution in [0.15, 0.2) is 29.3 Å². The number of carbonyl (C=O) groups is 1. The summed E-state index contributed by atoms with van der Waals surface area (Å²) >= 11 is 7.35. The second-order valence-corrected chi connectivity index (χ2v) is 8.74. The van der Waals surface area contributed by atoms with Crippen molar-refractivity contribution in [3.63, 3.8) is 0 Å². The molecule has 1 amide bonds. The maximum atomic E-state index is 12.7. The van der Waals surface area contributed by atoms with Crippen molar-refractivity contribution >= 4 is 40.1 Å². The molecular weight excluding hydrogens is 388 g/mol. The smallest absolute Gasteiger partial charge is 0.224 e. The number of amides is 1. The number of aliphatic hydroxyl groups excluding tert-OH is 2. The molecule has 2 aliphatic rings. The van der Waals surface area contributed by atoms with Crippen LogP contribution in [0.25, 0.3) is 0 Å². The van der Waals surface area contributed by atoms with Gasteiger partial charge in [0, 0.05) is 29.0 Å². The van der Waals surface area contributed by atoms with E-state index in [4.69, 9.17) is 11.6 Å². The molecule has 1 aromatic carbocycles. The first-order chi connectivity index (χ1) is 12.8. The van der Waals surface area contributed by atoms with E-state index in [9.17, 15) is 15.0 Å². The first-order valence-corrected chi connectivity index (χ1v) is 10.2. The number of anilines is 1. The maximum absolute atomic E-state index is 12.7. The lowest BCUT2D eigenvalue weighted by atomic mass is 9.81. The van der Waals surface area contributed by atoms with E-state index < -0.39 is 24.2 Å². The summed E-state index contributed by atoms with van der Waals surface area (Å²) in [6, 6.07) is 6.71. The lowest BCUT2D eigenvalue weighted by molar-refractivity contribution is -0.129. The molecule has 9 heteroatoms. The monoisotopic (exact) mass is 412 g/mol. The van der Waals surface area contributed by atoms with Gasteiger partial charge in [-0.05, 0) is 44.8 Å². The zero-order valence-corrected chi connectivity index (χ0v) is 16.9. The summed E-state index contributed by atoms with van der Waals surface area (Å²) in [5.41, 5.74) is 0.825. The highest BCUT2D eigenvalue weighted by atomic mass is 35.5. The van der Waals surface area contributed by atoms with E-state index in [0.29, 0.717) is 16.7 Å². The Kier molecular flexibility index (Phi) is 6.65. The van der Waals surface area contributed by atoms with E-state index in [1.54, 1.807) is 12.1 Å². The molecule has 1 aliphatic heterocycles. The van der Waals surface area contributed by atoms with Crippen LogP contribution in [0.1, 0.15) is 6.42 Å². The third-order valence-electron chi connectivity index (χ3n) is 4.78. The topological polar surface area (TPSA) is 97.2 Å². The first kappa shape index (κ1) is 20.4. The van der Waals surface area contributed by atoms with Crippen LogP contribution >= 0.6 is 23.4 Å². The first-order valence-electron chi connectivity index (χ1n) is 8.91. The Morgan fingerprint density at radius 1 is 1.33 bits per heavy atom. The number of aliphatic imine (C=N–C) groups is 1. The molecule has 0 bridgehead atoms. The SMILES string of the molecule is CN(C)CCNC(=O)[C@H]1C[C@@H](O)[C@H](O)[C@@H]2N=C(Nc3ccc(Cl)cc3)S[C@@H]21. The lowest BCUT2D eigenvalue weighted by Crippen LogP contribution is -2.54. The van der Waals surface area contributed by atoms with Gasteiger partial charge < -0.3 is 25.7 Å². The van der Waals surface area contributed by atoms with Crippen LogP contribution in [0.2, 0.25) is 5.02 Å². The number of amidine groups is 1. The van der Waals surface area contributed by atoms with E-state index in [-0.39, 0.29) is 17.6 Å². The van der Waals surface area contributed by atoms with Crippen molar-refractivity contribution in [2.75, 3.05) is 32.5 Å². The molecule has 1 aromatic rings. The van der Waals surface area contributed by atoms with Crippen molar-refractivity contribution < 1.29 is 15.0 Å². The van der Waals surface area contributed by atoms with Crippen molar-refractivity contribution in [1.82, 2.24) is 10.2 Å². The summed E-state index contributed by atoms with van der Waals surface area (Å²) < 4.78 is 0. The van der Waals surface area contributed by atoms with Crippen LogP contribution in [0.4, 0.5) is 5.69 Å². The fourth-order valence-electron chi connectivity index (χ4n) is 3.30. The fourth-order valence-corrected chi connectivity index (χ4v) is 4.80. The number of halogens is 1. The summed E-state index contributed by atoms with van der Waals surface area (Å²) in [5, 5.41) is 27.8. The largest absolute Gasteiger partial charge is 0.390 e. The molecule has 7 nitrogen and oxygen atoms in total. The van der Waals surface area contributed by atoms with E-state index >= 15 is 0 Å². The van der Waals surface area contributed by atoms with Crippen LogP contribution in [0.3, 0.4) is 0 Å². The summed E-state index contributed by atoms with van der Waals surface area (Å²) in [7, 11) is 3.89. The standard InChI is InChI=1S/C18H25ClN4O3S/c1-23(2)8-7-20-17(26)12-9-13(24)15(25)14-16(12)27-18(22-14)21-11-5-3-10(19)4-6-11/h3-6,12-16,24-25H,7-9H2,1-2H3,(H,20,26)(H,21,22)/t12-,13+,14-,15-,16+/m0/s1. The number of benzene rings is 1. The maximum Gasteiger partial charge on any atom is 0.224 e. The van der Waals surface area contributed by atoms with Gasteiger partial charge in [0.25, 0.3) is 0 Å². The normalized spacial score (nSPS) is 30.0. The average Bonchev–Trinajstić information content (AvgIpc) is 3.03. The average molecular weight is 413 g/mol. The molecule has 0 saturated heterocycles. The summed E-state index contributed by atoms with van der Waals surface area (Å²) in [6.07, 6.45) is -1.71. The van der Waals surface area contributed by atoms with Gasteiger partial charge in [-0.2, -0.15) is 0 Å². The van der Waals surface area contributed by atoms with Gasteiger partial charge in [-0.25, -0.2) is 0 Å². The zero-order chi connectivity index (χ0) is 19.6. The number of thioether (sulfide) groups is 1. The van der Waals surface area contributed by atoms with Crippen LogP contribution < -0.4 is 10.6 Å². The molecular formula is C18H25ClN4O3S. The van der Waals surface area contributed by atoms with Gasteiger partial charge in [-0.15, -0.1) is 0 Å². The van der Waals surface area contributed by atoms with E-state index in [0.717, 1.165) is 12.2 Å². The number of likely N-dealkylation sites (N-methyl/N-ethyl adjacent to an activating group) is 1. The number of aliphatic hydroxyl groups is 2. The van der Waals surface area contributed by atoms with Crippen molar-refractivity contribution in [2.24, 2.45) is 10.9 Å². The third kappa shape index (κ3) is 4.94. The van der Waals surface area contributed by atoms with Gasteiger partial charge in [0.15, 0.2) is 5.17 Å². The summed E-state index contributed by atoms with van der Waals surface area (Å²) in [4.78, 5) is 19.2. The van der Waals surface area contributed by atoms with Crippen LogP contribution in [0, 0.1) is 5.92 Å². The molecule has 1 heterocycles. The Morgan fingerprint density at radius 2 is 2.04 bits per heavy atom. The highest BCUT2D eigenvalue weighted by Gasteiger charge is 2.50. The van der Waals surface area contributed by atoms with Gasteiger partial charge >= 0.3 is 0 Å². The fraction of sp³-hybridized carbons (Fsp3) is 0.556. The minimum atomic E-state index is -0.974. The van der Waals surface area contributed by atoms with E-state index in [1.807, 2.05) is 31.1 Å². The number of carbonyl (C=O) groups excluding carboxylic acids is 1. The molecule has 0 spiro atoms. The summed E-state index contributed by atoms with van der Waals surface area (Å²) in [6.45, 7) is 1.28. The highest BCUT2D eigenvalue weighted by Crippen LogP contribution is 2.41. The summed E-state index contributed by atoms with van der Waals surface area (Å²) in [5.74, 6) is -0.512. The molecule has 0 unspecified atom stereocenters. The van der Waals surface area contributed by atoms with Crippen molar-refractivity contribution in [3.05, 3.63) is 29.3 Å². The zero-order valence-electron chi connectivity index (χ0n) is 15.3. The van der Waals surface area contributed by atoms with E-state index in [1.165, 1.54) is 11.8 Å². The second-order valence-electron chi connectivity index (χ2n) is 7.13. The highest BCUT2D eigenvalue weighted by molar-refractivity contribution is 8.15. The van der Waals surface area contributed by atoms with Crippen molar-refractivity contribution in [2.45, 2.75) is 29.9 Å². The van der Waals surface area contributed by atoms with Crippen LogP contribution in [-0.2, 0) is 4.79 Å². The van der Waals surface area contributed by atoms with Crippen LogP contribution in [0.5, 0.6) is 0 Å².